The van der Waals surface area contributed by atoms with Crippen molar-refractivity contribution >= 4 is 10.0 Å². The van der Waals surface area contributed by atoms with Gasteiger partial charge in [-0.15, -0.1) is 0 Å². The van der Waals surface area contributed by atoms with E-state index in [0.717, 1.165) is 4.31 Å². The van der Waals surface area contributed by atoms with Gasteiger partial charge in [-0.1, -0.05) is 0 Å². The SMILES string of the molecule is O=S1(=O)CCCN1CC(F)F. The first-order valence-corrected chi connectivity index (χ1v) is 4.89. The van der Waals surface area contributed by atoms with Crippen molar-refractivity contribution in [3.63, 3.8) is 0 Å². The molecule has 1 saturated heterocycles. The lowest BCUT2D eigenvalue weighted by molar-refractivity contribution is 0.122. The highest BCUT2D eigenvalue weighted by molar-refractivity contribution is 7.89. The molecule has 1 aliphatic rings. The summed E-state index contributed by atoms with van der Waals surface area (Å²) in [6, 6.07) is 0. The zero-order valence-corrected chi connectivity index (χ0v) is 6.65. The standard InChI is InChI=1S/C5H9F2NO2S/c6-5(7)4-8-2-1-3-11(8,9)10/h5H,1-4H2. The van der Waals surface area contributed by atoms with Crippen LogP contribution in [0.2, 0.25) is 0 Å². The number of hydrogen-bond donors (Lipinski definition) is 0. The van der Waals surface area contributed by atoms with Gasteiger partial charge in [0.1, 0.15) is 0 Å². The predicted octanol–water partition coefficient (Wildman–Crippen LogP) is 0.287. The molecule has 0 aromatic carbocycles. The molecule has 1 rings (SSSR count). The fraction of sp³-hybridized carbons (Fsp3) is 1.00. The summed E-state index contributed by atoms with van der Waals surface area (Å²) in [5.41, 5.74) is 0. The first-order chi connectivity index (χ1) is 5.02. The highest BCUT2D eigenvalue weighted by Crippen LogP contribution is 2.14. The van der Waals surface area contributed by atoms with Gasteiger partial charge in [-0.3, -0.25) is 0 Å². The quantitative estimate of drug-likeness (QED) is 0.620. The Hall–Kier alpha value is -0.230. The van der Waals surface area contributed by atoms with Crippen LogP contribution in [0.15, 0.2) is 0 Å². The molecule has 1 aliphatic heterocycles. The Morgan fingerprint density at radius 1 is 1.45 bits per heavy atom. The van der Waals surface area contributed by atoms with E-state index in [-0.39, 0.29) is 12.3 Å². The predicted molar refractivity (Wildman–Crippen MR) is 36.0 cm³/mol. The van der Waals surface area contributed by atoms with Crippen molar-refractivity contribution < 1.29 is 17.2 Å². The minimum Gasteiger partial charge on any atom is -0.212 e. The van der Waals surface area contributed by atoms with Gasteiger partial charge in [0.05, 0.1) is 12.3 Å². The molecule has 3 nitrogen and oxygen atoms in total. The Bertz CT molecular complexity index is 227. The summed E-state index contributed by atoms with van der Waals surface area (Å²) >= 11 is 0. The van der Waals surface area contributed by atoms with Gasteiger partial charge in [-0.05, 0) is 6.42 Å². The topological polar surface area (TPSA) is 37.4 Å². The van der Waals surface area contributed by atoms with E-state index in [9.17, 15) is 17.2 Å². The number of halogens is 2. The van der Waals surface area contributed by atoms with Crippen LogP contribution in [0.3, 0.4) is 0 Å². The molecular weight excluding hydrogens is 176 g/mol. The third-order valence-corrected chi connectivity index (χ3v) is 3.47. The Kier molecular flexibility index (Phi) is 2.43. The summed E-state index contributed by atoms with van der Waals surface area (Å²) in [5, 5.41) is 0. The highest BCUT2D eigenvalue weighted by Gasteiger charge is 2.29. The van der Waals surface area contributed by atoms with Gasteiger partial charge in [0.2, 0.25) is 10.0 Å². The van der Waals surface area contributed by atoms with Crippen molar-refractivity contribution in [1.29, 1.82) is 0 Å². The fourth-order valence-corrected chi connectivity index (χ4v) is 2.55. The molecular formula is C5H9F2NO2S. The van der Waals surface area contributed by atoms with Gasteiger partial charge in [-0.2, -0.15) is 4.31 Å². The zero-order valence-electron chi connectivity index (χ0n) is 5.83. The van der Waals surface area contributed by atoms with E-state index in [2.05, 4.69) is 0 Å². The average Bonchev–Trinajstić information content (AvgIpc) is 2.10. The van der Waals surface area contributed by atoms with Crippen LogP contribution in [0.25, 0.3) is 0 Å². The van der Waals surface area contributed by atoms with Gasteiger partial charge >= 0.3 is 0 Å². The second-order valence-corrected chi connectivity index (χ2v) is 4.51. The van der Waals surface area contributed by atoms with Crippen LogP contribution in [0.4, 0.5) is 8.78 Å². The van der Waals surface area contributed by atoms with Gasteiger partial charge in [0.15, 0.2) is 0 Å². The minimum atomic E-state index is -3.33. The van der Waals surface area contributed by atoms with Crippen LogP contribution in [0.5, 0.6) is 0 Å². The zero-order chi connectivity index (χ0) is 8.48. The molecule has 0 radical (unpaired) electrons. The van der Waals surface area contributed by atoms with E-state index in [0.29, 0.717) is 6.42 Å². The molecule has 66 valence electrons. The molecule has 0 saturated carbocycles. The Morgan fingerprint density at radius 3 is 2.45 bits per heavy atom. The van der Waals surface area contributed by atoms with Crippen molar-refractivity contribution in [2.45, 2.75) is 12.8 Å². The summed E-state index contributed by atoms with van der Waals surface area (Å²) in [6.07, 6.45) is -2.10. The van der Waals surface area contributed by atoms with E-state index in [1.165, 1.54) is 0 Å². The lowest BCUT2D eigenvalue weighted by Crippen LogP contribution is -2.30. The Labute approximate surface area is 64.0 Å². The number of hydrogen-bond acceptors (Lipinski definition) is 2. The van der Waals surface area contributed by atoms with Crippen molar-refractivity contribution in [1.82, 2.24) is 4.31 Å². The highest BCUT2D eigenvalue weighted by atomic mass is 32.2. The summed E-state index contributed by atoms with van der Waals surface area (Å²) in [5.74, 6) is 0.0136. The molecule has 0 atom stereocenters. The van der Waals surface area contributed by atoms with Gasteiger partial charge in [0, 0.05) is 6.54 Å². The van der Waals surface area contributed by atoms with E-state index in [1.54, 1.807) is 0 Å². The second-order valence-electron chi connectivity index (χ2n) is 2.42. The minimum absolute atomic E-state index is 0.0136. The second kappa shape index (κ2) is 3.02. The Balaban J connectivity index is 2.59. The smallest absolute Gasteiger partial charge is 0.212 e. The van der Waals surface area contributed by atoms with Crippen LogP contribution < -0.4 is 0 Å². The van der Waals surface area contributed by atoms with Crippen molar-refractivity contribution in [2.75, 3.05) is 18.8 Å². The van der Waals surface area contributed by atoms with E-state index >= 15 is 0 Å². The van der Waals surface area contributed by atoms with E-state index in [1.807, 2.05) is 0 Å². The van der Waals surface area contributed by atoms with Crippen molar-refractivity contribution in [2.24, 2.45) is 0 Å². The third kappa shape index (κ3) is 2.10. The fourth-order valence-electron chi connectivity index (χ4n) is 1.05. The Morgan fingerprint density at radius 2 is 2.09 bits per heavy atom. The van der Waals surface area contributed by atoms with Crippen LogP contribution >= 0.6 is 0 Å². The lowest BCUT2D eigenvalue weighted by Gasteiger charge is -2.12. The summed E-state index contributed by atoms with van der Waals surface area (Å²) in [7, 11) is -3.33. The van der Waals surface area contributed by atoms with Crippen molar-refractivity contribution in [3.05, 3.63) is 0 Å². The molecule has 1 heterocycles. The monoisotopic (exact) mass is 185 g/mol. The molecule has 0 aromatic rings. The van der Waals surface area contributed by atoms with E-state index < -0.39 is 23.0 Å². The number of nitrogens with zero attached hydrogens (tertiary/aromatic N) is 1. The van der Waals surface area contributed by atoms with E-state index in [4.69, 9.17) is 0 Å². The normalized spacial score (nSPS) is 24.6. The molecule has 0 aromatic heterocycles. The van der Waals surface area contributed by atoms with Crippen molar-refractivity contribution in [3.8, 4) is 0 Å². The molecule has 0 amide bonds. The molecule has 6 heteroatoms. The van der Waals surface area contributed by atoms with Gasteiger partial charge in [0.25, 0.3) is 6.43 Å². The largest absolute Gasteiger partial charge is 0.252 e. The molecule has 0 spiro atoms. The molecule has 11 heavy (non-hydrogen) atoms. The van der Waals surface area contributed by atoms with Crippen LogP contribution in [-0.2, 0) is 10.0 Å². The van der Waals surface area contributed by atoms with Gasteiger partial charge < -0.3 is 0 Å². The number of alkyl halides is 2. The summed E-state index contributed by atoms with van der Waals surface area (Å²) < 4.78 is 46.1. The molecule has 0 N–H and O–H groups in total. The third-order valence-electron chi connectivity index (χ3n) is 1.54. The number of rotatable bonds is 2. The molecule has 0 bridgehead atoms. The summed E-state index contributed by atoms with van der Waals surface area (Å²) in [6.45, 7) is -0.408. The maximum Gasteiger partial charge on any atom is 0.252 e. The lowest BCUT2D eigenvalue weighted by atomic mass is 10.5. The molecule has 0 aliphatic carbocycles. The maximum absolute atomic E-state index is 11.7. The van der Waals surface area contributed by atoms with Crippen LogP contribution in [0, 0.1) is 0 Å². The van der Waals surface area contributed by atoms with Crippen LogP contribution in [0.1, 0.15) is 6.42 Å². The first-order valence-electron chi connectivity index (χ1n) is 3.28. The van der Waals surface area contributed by atoms with Gasteiger partial charge in [-0.25, -0.2) is 17.2 Å². The first kappa shape index (κ1) is 8.86. The molecule has 1 fully saturated rings. The maximum atomic E-state index is 11.7. The summed E-state index contributed by atoms with van der Waals surface area (Å²) in [4.78, 5) is 0. The van der Waals surface area contributed by atoms with Crippen LogP contribution in [-0.4, -0.2) is 38.0 Å². The molecule has 0 unspecified atom stereocenters. The number of sulfonamides is 1. The average molecular weight is 185 g/mol.